The van der Waals surface area contributed by atoms with Crippen molar-refractivity contribution in [2.75, 3.05) is 0 Å². The molecule has 0 bridgehead atoms. The minimum atomic E-state index is -4.80. The molecule has 0 radical (unpaired) electrons. The molecule has 5 rings (SSSR count). The van der Waals surface area contributed by atoms with Crippen LogP contribution in [-0.4, -0.2) is 8.42 Å². The fraction of sp³-hybridized carbons (Fsp3) is 0.0323. The lowest BCUT2D eigenvalue weighted by Crippen LogP contribution is -2.17. The minimum absolute atomic E-state index is 0.0654. The van der Waals surface area contributed by atoms with Gasteiger partial charge >= 0.3 is 16.3 Å². The Bertz CT molecular complexity index is 1560. The lowest BCUT2D eigenvalue weighted by atomic mass is 10.2. The van der Waals surface area contributed by atoms with E-state index < -0.39 is 26.8 Å². The van der Waals surface area contributed by atoms with Crippen molar-refractivity contribution in [1.29, 1.82) is 0 Å². The molecule has 5 aromatic rings. The summed E-state index contributed by atoms with van der Waals surface area (Å²) in [7, 11) is -4.63. The van der Waals surface area contributed by atoms with Crippen LogP contribution in [-0.2, 0) is 16.3 Å². The Kier molecular flexibility index (Phi) is 9.98. The SMILES string of the molecule is O=S(=O)(Oc1ccc(Sc2ccccc2)cc1)c1ccccc1C(F)(F)F.c1ccc(Sc2ccccc2)cc1. The second-order valence-corrected chi connectivity index (χ2v) is 12.0. The van der Waals surface area contributed by atoms with E-state index in [-0.39, 0.29) is 5.75 Å². The van der Waals surface area contributed by atoms with Gasteiger partial charge in [-0.05, 0) is 72.8 Å². The first kappa shape index (κ1) is 29.3. The summed E-state index contributed by atoms with van der Waals surface area (Å²) in [6.45, 7) is 0. The van der Waals surface area contributed by atoms with Crippen LogP contribution in [0.3, 0.4) is 0 Å². The highest BCUT2D eigenvalue weighted by Gasteiger charge is 2.37. The van der Waals surface area contributed by atoms with Gasteiger partial charge in [0.2, 0.25) is 0 Å². The Morgan fingerprint density at radius 1 is 0.500 bits per heavy atom. The van der Waals surface area contributed by atoms with Crippen LogP contribution < -0.4 is 4.18 Å². The summed E-state index contributed by atoms with van der Waals surface area (Å²) in [6, 6.07) is 40.3. The van der Waals surface area contributed by atoms with Gasteiger partial charge in [-0.15, -0.1) is 0 Å². The van der Waals surface area contributed by atoms with Crippen molar-refractivity contribution in [3.05, 3.63) is 145 Å². The molecule has 0 aliphatic carbocycles. The Balaban J connectivity index is 0.000000236. The first-order valence-electron chi connectivity index (χ1n) is 11.9. The van der Waals surface area contributed by atoms with E-state index in [0.717, 1.165) is 21.9 Å². The molecule has 0 N–H and O–H groups in total. The summed E-state index contributed by atoms with van der Waals surface area (Å²) in [5.74, 6) is -0.0654. The van der Waals surface area contributed by atoms with Crippen LogP contribution in [0.1, 0.15) is 5.56 Å². The monoisotopic (exact) mass is 596 g/mol. The summed E-state index contributed by atoms with van der Waals surface area (Å²) in [6.07, 6.45) is -4.80. The molecule has 0 atom stereocenters. The number of rotatable bonds is 7. The molecule has 0 aliphatic rings. The van der Waals surface area contributed by atoms with Gasteiger partial charge in [0.15, 0.2) is 0 Å². The lowest BCUT2D eigenvalue weighted by molar-refractivity contribution is -0.139. The maximum absolute atomic E-state index is 13.1. The van der Waals surface area contributed by atoms with Gasteiger partial charge in [-0.3, -0.25) is 0 Å². The zero-order chi connectivity index (χ0) is 28.4. The van der Waals surface area contributed by atoms with E-state index in [9.17, 15) is 21.6 Å². The summed E-state index contributed by atoms with van der Waals surface area (Å²) in [4.78, 5) is 3.49. The molecule has 0 fully saturated rings. The summed E-state index contributed by atoms with van der Waals surface area (Å²) in [5, 5.41) is 0. The van der Waals surface area contributed by atoms with E-state index in [0.29, 0.717) is 6.07 Å². The van der Waals surface area contributed by atoms with Crippen molar-refractivity contribution < 1.29 is 25.8 Å². The van der Waals surface area contributed by atoms with E-state index in [2.05, 4.69) is 48.5 Å². The number of benzene rings is 5. The third-order valence-corrected chi connectivity index (χ3v) is 8.53. The van der Waals surface area contributed by atoms with Crippen LogP contribution in [0.4, 0.5) is 13.2 Å². The first-order chi connectivity index (χ1) is 19.2. The summed E-state index contributed by atoms with van der Waals surface area (Å²) in [5.41, 5.74) is -1.26. The van der Waals surface area contributed by atoms with E-state index in [1.807, 2.05) is 42.5 Å². The molecule has 0 saturated heterocycles. The maximum atomic E-state index is 13.1. The Morgan fingerprint density at radius 3 is 1.30 bits per heavy atom. The number of hydrogen-bond donors (Lipinski definition) is 0. The highest BCUT2D eigenvalue weighted by atomic mass is 32.2. The quantitative estimate of drug-likeness (QED) is 0.175. The van der Waals surface area contributed by atoms with Gasteiger partial charge in [0, 0.05) is 19.6 Å². The van der Waals surface area contributed by atoms with Gasteiger partial charge in [-0.1, -0.05) is 90.3 Å². The maximum Gasteiger partial charge on any atom is 0.417 e. The number of hydrogen-bond acceptors (Lipinski definition) is 5. The van der Waals surface area contributed by atoms with Crippen LogP contribution in [0, 0.1) is 0 Å². The van der Waals surface area contributed by atoms with Gasteiger partial charge in [0.25, 0.3) is 0 Å². The highest BCUT2D eigenvalue weighted by molar-refractivity contribution is 7.99. The fourth-order valence-electron chi connectivity index (χ4n) is 3.39. The zero-order valence-electron chi connectivity index (χ0n) is 20.9. The van der Waals surface area contributed by atoms with Crippen LogP contribution in [0.2, 0.25) is 0 Å². The van der Waals surface area contributed by atoms with Crippen LogP contribution in [0.15, 0.2) is 164 Å². The molecule has 5 aromatic carbocycles. The minimum Gasteiger partial charge on any atom is -0.379 e. The van der Waals surface area contributed by atoms with Crippen molar-refractivity contribution in [3.63, 3.8) is 0 Å². The van der Waals surface area contributed by atoms with Crippen molar-refractivity contribution in [1.82, 2.24) is 0 Å². The van der Waals surface area contributed by atoms with E-state index in [1.165, 1.54) is 39.8 Å². The second-order valence-electron chi connectivity index (χ2n) is 8.15. The molecular formula is C31H23F3O3S3. The lowest BCUT2D eigenvalue weighted by Gasteiger charge is -2.13. The predicted molar refractivity (Wildman–Crippen MR) is 153 cm³/mol. The molecule has 40 heavy (non-hydrogen) atoms. The zero-order valence-corrected chi connectivity index (χ0v) is 23.3. The largest absolute Gasteiger partial charge is 0.417 e. The van der Waals surface area contributed by atoms with Gasteiger partial charge in [-0.2, -0.15) is 21.6 Å². The molecule has 0 aliphatic heterocycles. The van der Waals surface area contributed by atoms with E-state index >= 15 is 0 Å². The van der Waals surface area contributed by atoms with Crippen LogP contribution in [0.5, 0.6) is 5.75 Å². The van der Waals surface area contributed by atoms with E-state index in [1.54, 1.807) is 23.9 Å². The smallest absolute Gasteiger partial charge is 0.379 e. The topological polar surface area (TPSA) is 43.4 Å². The van der Waals surface area contributed by atoms with Gasteiger partial charge in [-0.25, -0.2) is 0 Å². The van der Waals surface area contributed by atoms with Crippen molar-refractivity contribution in [3.8, 4) is 5.75 Å². The third kappa shape index (κ3) is 8.67. The fourth-order valence-corrected chi connectivity index (χ4v) is 6.24. The molecule has 3 nitrogen and oxygen atoms in total. The van der Waals surface area contributed by atoms with Crippen LogP contribution >= 0.6 is 23.5 Å². The van der Waals surface area contributed by atoms with Crippen molar-refractivity contribution >= 4 is 33.6 Å². The average molecular weight is 597 g/mol. The average Bonchev–Trinajstić information content (AvgIpc) is 2.96. The standard InChI is InChI=1S/C19H13F3O3S2.C12H10S/c20-19(21,22)17-8-4-5-9-18(17)27(23,24)25-14-10-12-16(13-11-14)26-15-6-2-1-3-7-15;1-3-7-11(8-4-1)13-12-9-5-2-6-10-12/h1-13H;1-10H. The molecule has 0 saturated carbocycles. The van der Waals surface area contributed by atoms with Crippen molar-refractivity contribution in [2.45, 2.75) is 30.7 Å². The van der Waals surface area contributed by atoms with Gasteiger partial charge in [0.1, 0.15) is 10.6 Å². The predicted octanol–water partition coefficient (Wildman–Crippen LogP) is 9.46. The summed E-state index contributed by atoms with van der Waals surface area (Å²) < 4.78 is 68.7. The Morgan fingerprint density at radius 2 is 0.875 bits per heavy atom. The molecular weight excluding hydrogens is 574 g/mol. The molecule has 0 heterocycles. The third-order valence-electron chi connectivity index (χ3n) is 5.19. The normalized spacial score (nSPS) is 11.3. The molecule has 0 unspecified atom stereocenters. The molecule has 0 spiro atoms. The number of alkyl halides is 3. The first-order valence-corrected chi connectivity index (χ1v) is 15.0. The Labute approximate surface area is 240 Å². The summed E-state index contributed by atoms with van der Waals surface area (Å²) >= 11 is 3.25. The van der Waals surface area contributed by atoms with Crippen molar-refractivity contribution in [2.24, 2.45) is 0 Å². The highest BCUT2D eigenvalue weighted by Crippen LogP contribution is 2.35. The number of halogens is 3. The Hall–Kier alpha value is -3.66. The van der Waals surface area contributed by atoms with Crippen LogP contribution in [0.25, 0.3) is 0 Å². The molecule has 0 amide bonds. The molecule has 204 valence electrons. The molecule has 0 aromatic heterocycles. The van der Waals surface area contributed by atoms with E-state index in [4.69, 9.17) is 4.18 Å². The van der Waals surface area contributed by atoms with Gasteiger partial charge in [0.05, 0.1) is 5.56 Å². The van der Waals surface area contributed by atoms with Gasteiger partial charge < -0.3 is 4.18 Å². The molecule has 9 heteroatoms. The second kappa shape index (κ2) is 13.6.